The van der Waals surface area contributed by atoms with Gasteiger partial charge < -0.3 is 44.5 Å². The van der Waals surface area contributed by atoms with Gasteiger partial charge in [0.05, 0.1) is 25.0 Å². The third-order valence-corrected chi connectivity index (χ3v) is 15.6. The fraction of sp³-hybridized carbons (Fsp3) is 0.483. The van der Waals surface area contributed by atoms with Crippen molar-refractivity contribution < 1.29 is 47.4 Å². The Balaban J connectivity index is 0.776. The van der Waals surface area contributed by atoms with Crippen molar-refractivity contribution in [2.75, 3.05) is 76.2 Å². The molecule has 4 saturated heterocycles. The number of nitrogens with one attached hydrogen (secondary N) is 4. The molecular formula is C58H71FN10O9. The van der Waals surface area contributed by atoms with E-state index in [9.17, 15) is 28.8 Å². The molecule has 5 aromatic rings. The average molecular weight is 1070 g/mol. The average Bonchev–Trinajstić information content (AvgIpc) is 4.14. The first-order valence-electron chi connectivity index (χ1n) is 27.0. The quantitative estimate of drug-likeness (QED) is 0.0768. The number of nitrogens with zero attached hydrogens (tertiary/aromatic N) is 6. The van der Waals surface area contributed by atoms with E-state index in [0.29, 0.717) is 70.9 Å². The molecule has 0 saturated carbocycles. The van der Waals surface area contributed by atoms with Crippen LogP contribution in [0.25, 0.3) is 33.5 Å². The van der Waals surface area contributed by atoms with Gasteiger partial charge in [-0.15, -0.1) is 0 Å². The van der Waals surface area contributed by atoms with Crippen LogP contribution in [0.4, 0.5) is 30.1 Å². The predicted molar refractivity (Wildman–Crippen MR) is 293 cm³/mol. The lowest BCUT2D eigenvalue weighted by atomic mass is 9.71. The fourth-order valence-electron chi connectivity index (χ4n) is 11.3. The Kier molecular flexibility index (Phi) is 16.4. The van der Waals surface area contributed by atoms with Crippen LogP contribution in [-0.4, -0.2) is 143 Å². The van der Waals surface area contributed by atoms with E-state index in [0.717, 1.165) is 63.0 Å². The lowest BCUT2D eigenvalue weighted by Crippen LogP contribution is -2.50. The number of alkyl carbamates (subject to hydrolysis) is 1. The number of amides is 7. The van der Waals surface area contributed by atoms with E-state index in [-0.39, 0.29) is 60.8 Å². The van der Waals surface area contributed by atoms with Crippen molar-refractivity contribution in [3.8, 4) is 28.3 Å². The van der Waals surface area contributed by atoms with E-state index in [1.54, 1.807) is 43.9 Å². The van der Waals surface area contributed by atoms with E-state index in [1.165, 1.54) is 36.0 Å². The second-order valence-electron chi connectivity index (χ2n) is 22.6. The highest BCUT2D eigenvalue weighted by molar-refractivity contribution is 6.07. The third kappa shape index (κ3) is 12.9. The molecule has 9 rings (SSSR count). The number of rotatable bonds is 14. The number of imide groups is 1. The number of likely N-dealkylation sites (tertiary alicyclic amines) is 3. The van der Waals surface area contributed by atoms with E-state index in [1.807, 2.05) is 17.9 Å². The lowest BCUT2D eigenvalue weighted by Gasteiger charge is -2.47. The molecule has 1 spiro atoms. The molecule has 7 amide bonds. The zero-order valence-corrected chi connectivity index (χ0v) is 45.6. The molecule has 78 heavy (non-hydrogen) atoms. The lowest BCUT2D eigenvalue weighted by molar-refractivity contribution is -0.149. The molecule has 19 nitrogen and oxygen atoms in total. The molecule has 4 aliphatic heterocycles. The normalized spacial score (nSPS) is 18.8. The molecular weight excluding hydrogens is 1000 g/mol. The topological polar surface area (TPSA) is 221 Å². The highest BCUT2D eigenvalue weighted by Crippen LogP contribution is 2.42. The molecule has 2 aromatic heterocycles. The van der Waals surface area contributed by atoms with Crippen LogP contribution >= 0.6 is 0 Å². The van der Waals surface area contributed by atoms with Crippen molar-refractivity contribution >= 4 is 58.3 Å². The maximum atomic E-state index is 15.6. The van der Waals surface area contributed by atoms with E-state index >= 15 is 4.39 Å². The van der Waals surface area contributed by atoms with Gasteiger partial charge >= 0.3 is 24.1 Å². The number of benzene rings is 3. The van der Waals surface area contributed by atoms with Gasteiger partial charge in [-0.2, -0.15) is 0 Å². The largest absolute Gasteiger partial charge is 0.495 e. The number of carbonyl (C=O) groups excluding carboxylic acids is 6. The van der Waals surface area contributed by atoms with Crippen LogP contribution in [0.2, 0.25) is 0 Å². The number of halogens is 1. The smallest absolute Gasteiger partial charge is 0.408 e. The summed E-state index contributed by atoms with van der Waals surface area (Å²) >= 11 is 0. The van der Waals surface area contributed by atoms with Gasteiger partial charge in [0, 0.05) is 73.0 Å². The summed E-state index contributed by atoms with van der Waals surface area (Å²) in [6.45, 7) is 15.7. The van der Waals surface area contributed by atoms with Crippen molar-refractivity contribution in [2.45, 2.75) is 98.2 Å². The fourth-order valence-corrected chi connectivity index (χ4v) is 11.3. The Morgan fingerprint density at radius 2 is 1.63 bits per heavy atom. The zero-order valence-electron chi connectivity index (χ0n) is 45.6. The number of hydrogen-bond acceptors (Lipinski definition) is 12. The first kappa shape index (κ1) is 55.2. The van der Waals surface area contributed by atoms with Crippen molar-refractivity contribution in [2.24, 2.45) is 17.3 Å². The molecule has 4 fully saturated rings. The number of aromatic nitrogens is 3. The molecule has 414 valence electrons. The summed E-state index contributed by atoms with van der Waals surface area (Å²) in [6.07, 6.45) is 5.91. The van der Waals surface area contributed by atoms with Gasteiger partial charge in [-0.25, -0.2) is 28.7 Å². The molecule has 0 bridgehead atoms. The number of urea groups is 2. The van der Waals surface area contributed by atoms with Crippen LogP contribution in [0, 0.1) is 30.0 Å². The Hall–Kier alpha value is -7.61. The van der Waals surface area contributed by atoms with E-state index in [2.05, 4.69) is 73.9 Å². The number of fused-ring (bicyclic) bond motifs is 1. The molecule has 0 unspecified atom stereocenters. The van der Waals surface area contributed by atoms with Gasteiger partial charge in [0.1, 0.15) is 41.8 Å². The van der Waals surface area contributed by atoms with Gasteiger partial charge in [-0.3, -0.25) is 24.6 Å². The number of methoxy groups -OCH3 is 1. The van der Waals surface area contributed by atoms with Gasteiger partial charge in [-0.1, -0.05) is 38.1 Å². The highest BCUT2D eigenvalue weighted by atomic mass is 19.1. The van der Waals surface area contributed by atoms with Crippen molar-refractivity contribution in [1.82, 2.24) is 40.3 Å². The highest BCUT2D eigenvalue weighted by Gasteiger charge is 2.40. The van der Waals surface area contributed by atoms with Crippen molar-refractivity contribution in [3.63, 3.8) is 0 Å². The summed E-state index contributed by atoms with van der Waals surface area (Å²) in [5.41, 5.74) is 5.92. The van der Waals surface area contributed by atoms with Gasteiger partial charge in [0.15, 0.2) is 0 Å². The van der Waals surface area contributed by atoms with Gasteiger partial charge in [-0.05, 0) is 144 Å². The van der Waals surface area contributed by atoms with Crippen LogP contribution in [0.15, 0.2) is 67.0 Å². The Morgan fingerprint density at radius 3 is 2.32 bits per heavy atom. The summed E-state index contributed by atoms with van der Waals surface area (Å²) in [4.78, 5) is 97.0. The Labute approximate surface area is 453 Å². The van der Waals surface area contributed by atoms with Crippen LogP contribution in [0.3, 0.4) is 0 Å². The number of hydrogen-bond donors (Lipinski definition) is 4. The molecule has 2 atom stereocenters. The van der Waals surface area contributed by atoms with Gasteiger partial charge in [0.2, 0.25) is 5.91 Å². The monoisotopic (exact) mass is 1070 g/mol. The van der Waals surface area contributed by atoms with Crippen LogP contribution < -0.4 is 25.6 Å². The van der Waals surface area contributed by atoms with Crippen molar-refractivity contribution in [1.29, 1.82) is 0 Å². The summed E-state index contributed by atoms with van der Waals surface area (Å²) < 4.78 is 32.1. The van der Waals surface area contributed by atoms with E-state index in [4.69, 9.17) is 14.2 Å². The minimum atomic E-state index is -0.734. The van der Waals surface area contributed by atoms with Gasteiger partial charge in [0.25, 0.3) is 5.91 Å². The standard InChI is InChI=1S/C58H71FN10O9/c1-35(2)26-40-32-68(33-48(40)77-50(71)31-60-56(75)78-57(4,5)6)54(73)64-44-29-41(59)28-42(36(44)3)51-43-30-45(63-52(43)62-34-61-51)38-10-8-37(9-11-38)14-20-66-22-16-58(17-23-66)18-24-67(25-19-58)53(72)39-12-13-47(76-7)46(27-39)69-21-15-49(70)65-55(69)74/h8-13,27-30,34-35,40,48H,14-26,31-33H2,1-7H3,(H,60,75)(H,64,73)(H,61,62,63)(H,65,70,74)/t40-,48-/m0/s1. The summed E-state index contributed by atoms with van der Waals surface area (Å²) in [7, 11) is 1.51. The maximum absolute atomic E-state index is 15.6. The summed E-state index contributed by atoms with van der Waals surface area (Å²) in [5, 5.41) is 8.38. The molecule has 3 aromatic carbocycles. The number of anilines is 2. The molecule has 6 heterocycles. The second-order valence-corrected chi connectivity index (χ2v) is 22.6. The third-order valence-electron chi connectivity index (χ3n) is 15.6. The first-order valence-corrected chi connectivity index (χ1v) is 27.0. The van der Waals surface area contributed by atoms with Crippen LogP contribution in [-0.2, 0) is 25.5 Å². The predicted octanol–water partition coefficient (Wildman–Crippen LogP) is 8.70. The minimum Gasteiger partial charge on any atom is -0.495 e. The number of piperidine rings is 2. The number of H-pyrrole nitrogens is 1. The second kappa shape index (κ2) is 23.2. The molecule has 4 N–H and O–H groups in total. The SMILES string of the molecule is COc1ccc(C(=O)N2CCC3(CCN(CCc4ccc(-c5cc6c(-c7cc(F)cc(NC(=O)N8C[C@H](CC(C)C)[C@@H](OC(=O)CNC(=O)OC(C)(C)C)C8)c7C)ncnc6[nH]5)cc4)CC3)CC2)cc1N1CCC(=O)NC1=O. The summed E-state index contributed by atoms with van der Waals surface area (Å²) in [6, 6.07) is 17.3. The molecule has 20 heteroatoms. The minimum absolute atomic E-state index is 0.0750. The van der Waals surface area contributed by atoms with Crippen LogP contribution in [0.5, 0.6) is 5.75 Å². The number of ether oxygens (including phenoxy) is 3. The molecule has 4 aliphatic rings. The Bertz CT molecular complexity index is 3060. The summed E-state index contributed by atoms with van der Waals surface area (Å²) in [5.74, 6) is -1.03. The Morgan fingerprint density at radius 1 is 0.897 bits per heavy atom. The van der Waals surface area contributed by atoms with Crippen LogP contribution in [0.1, 0.15) is 94.6 Å². The first-order chi connectivity index (χ1) is 37.2. The number of esters is 1. The number of carbonyl (C=O) groups is 6. The van der Waals surface area contributed by atoms with Crippen molar-refractivity contribution in [3.05, 3.63) is 89.5 Å². The maximum Gasteiger partial charge on any atom is 0.408 e. The zero-order chi connectivity index (χ0) is 55.5. The number of aromatic amines is 1. The molecule has 0 aliphatic carbocycles. The molecule has 0 radical (unpaired) electrons. The van der Waals surface area contributed by atoms with E-state index < -0.39 is 41.6 Å².